The second-order valence-electron chi connectivity index (χ2n) is 16.3. The summed E-state index contributed by atoms with van der Waals surface area (Å²) >= 11 is 0. The van der Waals surface area contributed by atoms with E-state index in [-0.39, 0.29) is 11.5 Å². The Morgan fingerprint density at radius 1 is 0.796 bits per heavy atom. The van der Waals surface area contributed by atoms with E-state index in [9.17, 15) is 10.5 Å². The fourth-order valence-corrected chi connectivity index (χ4v) is 11.3. The molecular formula is C45H50N4. The molecule has 0 spiro atoms. The zero-order valence-corrected chi connectivity index (χ0v) is 29.3. The number of rotatable bonds is 4. The normalized spacial score (nSPS) is 35.1. The standard InChI is InChI=1S/C45H50N4/c1-45(49-43-20-9-6-17-39(43)40-23-30(28-46)21-22-44(40)49)26-34(31-12-10-13-32(24-31)36-14-3-2-11-33(36)29-47)25-35(27-45)48-41-18-7-4-15-37(41)38-16-5-8-19-42(38)48/h7-9,13,18-20,24-26,30,37,39,41,43H,2-6,10-12,14-17,21-23,27H2,1H3. The third kappa shape index (κ3) is 5.12. The second-order valence-corrected chi connectivity index (χ2v) is 16.3. The van der Waals surface area contributed by atoms with E-state index < -0.39 is 0 Å². The second kappa shape index (κ2) is 12.4. The molecule has 0 aromatic carbocycles. The summed E-state index contributed by atoms with van der Waals surface area (Å²) in [5.74, 6) is 1.29. The van der Waals surface area contributed by atoms with Crippen molar-refractivity contribution in [1.82, 2.24) is 9.80 Å². The summed E-state index contributed by atoms with van der Waals surface area (Å²) in [5, 5.41) is 20.0. The molecule has 2 heterocycles. The molecule has 0 saturated heterocycles. The summed E-state index contributed by atoms with van der Waals surface area (Å²) in [6.07, 6.45) is 42.2. The number of hydrogen-bond acceptors (Lipinski definition) is 4. The van der Waals surface area contributed by atoms with E-state index in [0.29, 0.717) is 23.9 Å². The number of nitrogens with zero attached hydrogens (tertiary/aromatic N) is 4. The Labute approximate surface area is 293 Å². The summed E-state index contributed by atoms with van der Waals surface area (Å²) in [6, 6.07) is 5.99. The van der Waals surface area contributed by atoms with Crippen molar-refractivity contribution in [2.24, 2.45) is 17.8 Å². The van der Waals surface area contributed by atoms with Crippen LogP contribution in [0.25, 0.3) is 0 Å². The average Bonchev–Trinajstić information content (AvgIpc) is 3.68. The monoisotopic (exact) mass is 646 g/mol. The maximum Gasteiger partial charge on any atom is 0.0950 e. The molecule has 0 radical (unpaired) electrons. The molecule has 2 aliphatic heterocycles. The fourth-order valence-electron chi connectivity index (χ4n) is 11.3. The van der Waals surface area contributed by atoms with Crippen LogP contribution in [0.2, 0.25) is 0 Å². The first-order valence-corrected chi connectivity index (χ1v) is 19.5. The maximum atomic E-state index is 10.0. The first-order chi connectivity index (χ1) is 24.1. The Bertz CT molecular complexity index is 1850. The highest BCUT2D eigenvalue weighted by atomic mass is 15.3. The van der Waals surface area contributed by atoms with Crippen LogP contribution in [0.5, 0.6) is 0 Å². The Balaban J connectivity index is 1.18. The largest absolute Gasteiger partial charge is 0.359 e. The average molecular weight is 647 g/mol. The molecule has 9 aliphatic rings. The van der Waals surface area contributed by atoms with Gasteiger partial charge in [0.2, 0.25) is 0 Å². The summed E-state index contributed by atoms with van der Waals surface area (Å²) in [7, 11) is 0. The molecule has 4 nitrogen and oxygen atoms in total. The van der Waals surface area contributed by atoms with Gasteiger partial charge in [0.15, 0.2) is 0 Å². The molecule has 4 heteroatoms. The van der Waals surface area contributed by atoms with E-state index in [1.807, 2.05) is 0 Å². The van der Waals surface area contributed by atoms with Gasteiger partial charge < -0.3 is 9.80 Å². The predicted octanol–water partition coefficient (Wildman–Crippen LogP) is 10.5. The van der Waals surface area contributed by atoms with Crippen LogP contribution in [0.15, 0.2) is 117 Å². The van der Waals surface area contributed by atoms with E-state index in [4.69, 9.17) is 0 Å². The van der Waals surface area contributed by atoms with Gasteiger partial charge in [-0.2, -0.15) is 10.5 Å². The van der Waals surface area contributed by atoms with Crippen LogP contribution in [0.4, 0.5) is 0 Å². The SMILES string of the molecule is CC1(N2C3=C(CC(C#N)CC3)C3CCC=CC32)C=C(C2=CC(C3=C(C#N)CCCC3)=CCC2)C=C(N2C3=C(CCC=C3)C3CCC=CC32)C1. The molecule has 0 bridgehead atoms. The molecule has 6 atom stereocenters. The van der Waals surface area contributed by atoms with Crippen molar-refractivity contribution in [3.8, 4) is 12.1 Å². The van der Waals surface area contributed by atoms with Crippen LogP contribution in [0, 0.1) is 40.4 Å². The van der Waals surface area contributed by atoms with Gasteiger partial charge in [0.25, 0.3) is 0 Å². The Morgan fingerprint density at radius 2 is 1.61 bits per heavy atom. The molecule has 7 aliphatic carbocycles. The van der Waals surface area contributed by atoms with Gasteiger partial charge in [-0.1, -0.05) is 48.6 Å². The van der Waals surface area contributed by atoms with Gasteiger partial charge in [-0.15, -0.1) is 0 Å². The number of allylic oxidation sites excluding steroid dienone is 13. The lowest BCUT2D eigenvalue weighted by Gasteiger charge is -2.49. The highest BCUT2D eigenvalue weighted by Gasteiger charge is 2.51. The van der Waals surface area contributed by atoms with Crippen LogP contribution < -0.4 is 0 Å². The van der Waals surface area contributed by atoms with Crippen molar-refractivity contribution in [2.45, 2.75) is 127 Å². The molecule has 0 aromatic rings. The minimum absolute atomic E-state index is 0.152. The third-order valence-electron chi connectivity index (χ3n) is 13.4. The lowest BCUT2D eigenvalue weighted by atomic mass is 9.78. The zero-order valence-electron chi connectivity index (χ0n) is 29.3. The van der Waals surface area contributed by atoms with Crippen molar-refractivity contribution in [3.63, 3.8) is 0 Å². The Kier molecular flexibility index (Phi) is 7.84. The Morgan fingerprint density at radius 3 is 2.45 bits per heavy atom. The first-order valence-electron chi connectivity index (χ1n) is 19.5. The van der Waals surface area contributed by atoms with E-state index in [2.05, 4.69) is 89.6 Å². The van der Waals surface area contributed by atoms with Crippen molar-refractivity contribution in [1.29, 1.82) is 10.5 Å². The summed E-state index contributed by atoms with van der Waals surface area (Å²) in [4.78, 5) is 5.62. The number of fused-ring (bicyclic) bond motifs is 4. The molecule has 49 heavy (non-hydrogen) atoms. The quantitative estimate of drug-likeness (QED) is 0.285. The molecule has 0 N–H and O–H groups in total. The van der Waals surface area contributed by atoms with E-state index in [1.54, 1.807) is 16.8 Å². The van der Waals surface area contributed by atoms with Gasteiger partial charge >= 0.3 is 0 Å². The molecule has 0 aromatic heterocycles. The minimum atomic E-state index is -0.194. The van der Waals surface area contributed by atoms with Gasteiger partial charge in [0.1, 0.15) is 0 Å². The summed E-state index contributed by atoms with van der Waals surface area (Å²) in [6.45, 7) is 2.53. The van der Waals surface area contributed by atoms with Crippen molar-refractivity contribution in [2.75, 3.05) is 0 Å². The number of hydrogen-bond donors (Lipinski definition) is 0. The van der Waals surface area contributed by atoms with Crippen LogP contribution in [-0.2, 0) is 0 Å². The van der Waals surface area contributed by atoms with Gasteiger partial charge in [-0.25, -0.2) is 0 Å². The molecule has 9 rings (SSSR count). The maximum absolute atomic E-state index is 10.0. The minimum Gasteiger partial charge on any atom is -0.359 e. The lowest BCUT2D eigenvalue weighted by Crippen LogP contribution is -2.51. The molecule has 0 amide bonds. The van der Waals surface area contributed by atoms with Crippen LogP contribution in [0.1, 0.15) is 110 Å². The van der Waals surface area contributed by atoms with E-state index in [0.717, 1.165) is 76.2 Å². The lowest BCUT2D eigenvalue weighted by molar-refractivity contribution is 0.135. The van der Waals surface area contributed by atoms with Crippen molar-refractivity contribution < 1.29 is 0 Å². The fraction of sp³-hybridized carbons (Fsp3) is 0.511. The smallest absolute Gasteiger partial charge is 0.0950 e. The zero-order chi connectivity index (χ0) is 33.1. The van der Waals surface area contributed by atoms with Gasteiger partial charge in [0.05, 0.1) is 35.7 Å². The van der Waals surface area contributed by atoms with Crippen molar-refractivity contribution >= 4 is 0 Å². The Hall–Kier alpha value is -4.02. The van der Waals surface area contributed by atoms with E-state index in [1.165, 1.54) is 65.8 Å². The number of nitriles is 2. The third-order valence-corrected chi connectivity index (χ3v) is 13.4. The molecule has 0 saturated carbocycles. The van der Waals surface area contributed by atoms with Crippen LogP contribution in [0.3, 0.4) is 0 Å². The molecule has 6 unspecified atom stereocenters. The van der Waals surface area contributed by atoms with Crippen LogP contribution >= 0.6 is 0 Å². The summed E-state index contributed by atoms with van der Waals surface area (Å²) in [5.41, 5.74) is 14.0. The van der Waals surface area contributed by atoms with Gasteiger partial charge in [0, 0.05) is 40.9 Å². The molecule has 0 fully saturated rings. The highest BCUT2D eigenvalue weighted by Crippen LogP contribution is 2.55. The molecular weight excluding hydrogens is 597 g/mol. The van der Waals surface area contributed by atoms with E-state index >= 15 is 0 Å². The highest BCUT2D eigenvalue weighted by molar-refractivity contribution is 5.58. The first kappa shape index (κ1) is 31.0. The topological polar surface area (TPSA) is 54.1 Å². The molecule has 250 valence electrons. The summed E-state index contributed by atoms with van der Waals surface area (Å²) < 4.78 is 0. The predicted molar refractivity (Wildman–Crippen MR) is 196 cm³/mol. The van der Waals surface area contributed by atoms with Gasteiger partial charge in [-0.05, 0) is 149 Å². The van der Waals surface area contributed by atoms with Crippen LogP contribution in [-0.4, -0.2) is 27.4 Å². The van der Waals surface area contributed by atoms with Crippen molar-refractivity contribution in [3.05, 3.63) is 117 Å². The van der Waals surface area contributed by atoms with Gasteiger partial charge in [-0.3, -0.25) is 0 Å².